The van der Waals surface area contributed by atoms with E-state index < -0.39 is 28.9 Å². The molecule has 0 heterocycles. The molecular weight excluding hydrogens is 264 g/mol. The summed E-state index contributed by atoms with van der Waals surface area (Å²) in [5.74, 6) is -1.39. The predicted octanol–water partition coefficient (Wildman–Crippen LogP) is 0.181. The molecular formula is C9H9NO5P2. The average Bonchev–Trinajstić information content (AvgIpc) is 2.30. The molecule has 0 saturated heterocycles. The van der Waals surface area contributed by atoms with Gasteiger partial charge in [-0.2, -0.15) is 0 Å². The summed E-state index contributed by atoms with van der Waals surface area (Å²) < 4.78 is 21.8. The van der Waals surface area contributed by atoms with Gasteiger partial charge in [-0.25, -0.2) is 0 Å². The van der Waals surface area contributed by atoms with Crippen molar-refractivity contribution in [3.8, 4) is 5.75 Å². The number of benzene rings is 1. The monoisotopic (exact) mass is 273 g/mol. The highest BCUT2D eigenvalue weighted by atomic mass is 31.1. The van der Waals surface area contributed by atoms with Crippen LogP contribution >= 0.6 is 16.9 Å². The predicted molar refractivity (Wildman–Crippen MR) is 61.9 cm³/mol. The van der Waals surface area contributed by atoms with Crippen molar-refractivity contribution < 1.29 is 24.1 Å². The lowest BCUT2D eigenvalue weighted by molar-refractivity contribution is -0.138. The summed E-state index contributed by atoms with van der Waals surface area (Å²) >= 11 is 0. The molecule has 1 rings (SSSR count). The molecule has 1 aromatic rings. The van der Waals surface area contributed by atoms with Gasteiger partial charge in [0.05, 0.1) is 10.6 Å². The molecule has 6 nitrogen and oxygen atoms in total. The first-order valence-electron chi connectivity index (χ1n) is 4.50. The van der Waals surface area contributed by atoms with Gasteiger partial charge in [0.1, 0.15) is 11.8 Å². The molecule has 0 bridgehead atoms. The third kappa shape index (κ3) is 3.30. The van der Waals surface area contributed by atoms with Crippen molar-refractivity contribution in [2.24, 2.45) is 5.73 Å². The van der Waals surface area contributed by atoms with Gasteiger partial charge in [0.25, 0.3) is 0 Å². The highest BCUT2D eigenvalue weighted by molar-refractivity contribution is 7.36. The van der Waals surface area contributed by atoms with Gasteiger partial charge in [-0.3, -0.25) is 13.9 Å². The summed E-state index contributed by atoms with van der Waals surface area (Å²) in [6, 6.07) is 1.25. The standard InChI is InChI=1S/C9H9NO5P2/c10-6(9(12)13)3-5-7(16-14)1-4(11)2-8(5)17-15/h1-2,6,11H,3,10H2,(H,12,13)/t6-/m0/s1. The molecule has 8 heteroatoms. The van der Waals surface area contributed by atoms with E-state index in [0.29, 0.717) is 5.56 Å². The van der Waals surface area contributed by atoms with E-state index in [1.807, 2.05) is 0 Å². The lowest BCUT2D eigenvalue weighted by Gasteiger charge is -2.10. The second kappa shape index (κ2) is 5.82. The Bertz CT molecular complexity index is 447. The van der Waals surface area contributed by atoms with Crippen LogP contribution in [0.5, 0.6) is 5.75 Å². The zero-order chi connectivity index (χ0) is 13.0. The second-order valence-corrected chi connectivity index (χ2v) is 4.62. The van der Waals surface area contributed by atoms with Crippen LogP contribution in [0.1, 0.15) is 5.56 Å². The Hall–Kier alpha value is -1.35. The van der Waals surface area contributed by atoms with Gasteiger partial charge in [-0.1, -0.05) is 0 Å². The van der Waals surface area contributed by atoms with Gasteiger partial charge >= 0.3 is 5.97 Å². The Morgan fingerprint density at radius 2 is 1.76 bits per heavy atom. The van der Waals surface area contributed by atoms with Crippen molar-refractivity contribution in [1.82, 2.24) is 0 Å². The second-order valence-electron chi connectivity index (χ2n) is 3.29. The normalized spacial score (nSPS) is 12.8. The van der Waals surface area contributed by atoms with E-state index in [0.717, 1.165) is 0 Å². The number of aliphatic carboxylic acids is 1. The van der Waals surface area contributed by atoms with Crippen LogP contribution in [0.4, 0.5) is 0 Å². The zero-order valence-electron chi connectivity index (χ0n) is 8.53. The van der Waals surface area contributed by atoms with E-state index in [-0.39, 0.29) is 22.8 Å². The number of carboxylic acid groups (broad SMARTS) is 1. The number of nitrogens with two attached hydrogens (primary N) is 1. The van der Waals surface area contributed by atoms with E-state index in [4.69, 9.17) is 10.8 Å². The van der Waals surface area contributed by atoms with Crippen molar-refractivity contribution in [3.05, 3.63) is 17.7 Å². The van der Waals surface area contributed by atoms with Crippen LogP contribution in [-0.4, -0.2) is 22.2 Å². The van der Waals surface area contributed by atoms with Crippen LogP contribution in [0.25, 0.3) is 0 Å². The van der Waals surface area contributed by atoms with Crippen LogP contribution in [0.3, 0.4) is 0 Å². The summed E-state index contributed by atoms with van der Waals surface area (Å²) in [6.07, 6.45) is -0.106. The number of phenolic OH excluding ortho intramolecular Hbond substituents is 1. The summed E-state index contributed by atoms with van der Waals surface area (Å²) in [5.41, 5.74) is 5.67. The smallest absolute Gasteiger partial charge is 0.320 e. The third-order valence-electron chi connectivity index (χ3n) is 2.13. The number of rotatable bonds is 5. The van der Waals surface area contributed by atoms with Gasteiger partial charge in [-0.15, -0.1) is 0 Å². The molecule has 1 atom stereocenters. The minimum absolute atomic E-state index is 0.106. The molecule has 0 fully saturated rings. The number of carboxylic acids is 1. The summed E-state index contributed by atoms with van der Waals surface area (Å²) in [4.78, 5) is 10.6. The van der Waals surface area contributed by atoms with Gasteiger partial charge < -0.3 is 15.9 Å². The molecule has 4 N–H and O–H groups in total. The minimum atomic E-state index is -1.21. The molecule has 0 saturated carbocycles. The molecule has 1 aromatic carbocycles. The van der Waals surface area contributed by atoms with Crippen LogP contribution in [-0.2, 0) is 20.3 Å². The first-order chi connectivity index (χ1) is 7.99. The van der Waals surface area contributed by atoms with Crippen molar-refractivity contribution >= 4 is 33.5 Å². The molecule has 0 spiro atoms. The molecule has 0 aliphatic rings. The lowest BCUT2D eigenvalue weighted by atomic mass is 10.1. The van der Waals surface area contributed by atoms with Crippen molar-refractivity contribution in [2.45, 2.75) is 12.5 Å². The number of phenols is 1. The first kappa shape index (κ1) is 13.7. The molecule has 0 aliphatic carbocycles. The molecule has 90 valence electrons. The fraction of sp³-hybridized carbons (Fsp3) is 0.222. The quantitative estimate of drug-likeness (QED) is 0.659. The number of hydrogen-bond donors (Lipinski definition) is 3. The maximum absolute atomic E-state index is 10.9. The summed E-state index contributed by atoms with van der Waals surface area (Å²) in [5, 5.41) is 18.3. The van der Waals surface area contributed by atoms with Gasteiger partial charge in [0, 0.05) is 6.42 Å². The van der Waals surface area contributed by atoms with Crippen LogP contribution in [0, 0.1) is 0 Å². The van der Waals surface area contributed by atoms with E-state index in [1.165, 1.54) is 12.1 Å². The van der Waals surface area contributed by atoms with E-state index in [2.05, 4.69) is 0 Å². The van der Waals surface area contributed by atoms with Crippen LogP contribution in [0.2, 0.25) is 0 Å². The molecule has 0 aromatic heterocycles. The topological polar surface area (TPSA) is 118 Å². The highest BCUT2D eigenvalue weighted by Gasteiger charge is 2.19. The zero-order valence-corrected chi connectivity index (χ0v) is 10.3. The van der Waals surface area contributed by atoms with E-state index >= 15 is 0 Å². The molecule has 0 aliphatic heterocycles. The third-order valence-corrected chi connectivity index (χ3v) is 3.32. The fourth-order valence-corrected chi connectivity index (χ4v) is 2.41. The highest BCUT2D eigenvalue weighted by Crippen LogP contribution is 2.16. The van der Waals surface area contributed by atoms with Gasteiger partial charge in [0.2, 0.25) is 0 Å². The maximum atomic E-state index is 10.9. The Kier molecular flexibility index (Phi) is 4.70. The summed E-state index contributed by atoms with van der Waals surface area (Å²) in [7, 11) is -0.793. The molecule has 0 unspecified atom stereocenters. The Balaban J connectivity index is 3.24. The Morgan fingerprint density at radius 3 is 2.12 bits per heavy atom. The van der Waals surface area contributed by atoms with Crippen LogP contribution < -0.4 is 16.3 Å². The first-order valence-corrected chi connectivity index (χ1v) is 6.13. The van der Waals surface area contributed by atoms with Gasteiger partial charge in [-0.05, 0) is 17.7 Å². The molecule has 17 heavy (non-hydrogen) atoms. The van der Waals surface area contributed by atoms with Crippen molar-refractivity contribution in [1.29, 1.82) is 0 Å². The number of aromatic hydroxyl groups is 1. The largest absolute Gasteiger partial charge is 0.508 e. The minimum Gasteiger partial charge on any atom is -0.508 e. The Labute approximate surface area is 99.9 Å². The average molecular weight is 273 g/mol. The van der Waals surface area contributed by atoms with Crippen molar-refractivity contribution in [3.63, 3.8) is 0 Å². The number of hydrogen-bond acceptors (Lipinski definition) is 5. The van der Waals surface area contributed by atoms with E-state index in [1.54, 1.807) is 0 Å². The number of carbonyl (C=O) groups is 1. The molecule has 0 amide bonds. The molecule has 0 radical (unpaired) electrons. The van der Waals surface area contributed by atoms with Crippen LogP contribution in [0.15, 0.2) is 12.1 Å². The summed E-state index contributed by atoms with van der Waals surface area (Å²) in [6.45, 7) is 0. The fourth-order valence-electron chi connectivity index (χ4n) is 1.31. The van der Waals surface area contributed by atoms with E-state index in [9.17, 15) is 19.0 Å². The lowest BCUT2D eigenvalue weighted by Crippen LogP contribution is -2.35. The maximum Gasteiger partial charge on any atom is 0.320 e. The SMILES string of the molecule is N[C@@H](Cc1c(P=O)cc(O)cc1P=O)C(=O)O. The van der Waals surface area contributed by atoms with Crippen molar-refractivity contribution in [2.75, 3.05) is 0 Å². The van der Waals surface area contributed by atoms with Gasteiger partial charge in [0.15, 0.2) is 16.9 Å². The Morgan fingerprint density at radius 1 is 1.29 bits per heavy atom.